The van der Waals surface area contributed by atoms with Crippen LogP contribution in [-0.4, -0.2) is 62.0 Å². The van der Waals surface area contributed by atoms with E-state index in [0.717, 1.165) is 11.1 Å². The molecule has 3 aromatic rings. The summed E-state index contributed by atoms with van der Waals surface area (Å²) in [7, 11) is 0. The number of halogens is 2. The van der Waals surface area contributed by atoms with Gasteiger partial charge in [-0.1, -0.05) is 23.2 Å². The monoisotopic (exact) mass is 478 g/mol. The van der Waals surface area contributed by atoms with Crippen LogP contribution < -0.4 is 4.90 Å². The van der Waals surface area contributed by atoms with Crippen LogP contribution in [0.4, 0.5) is 5.82 Å². The van der Waals surface area contributed by atoms with Crippen molar-refractivity contribution in [1.29, 1.82) is 0 Å². The lowest BCUT2D eigenvalue weighted by atomic mass is 10.1. The van der Waals surface area contributed by atoms with Gasteiger partial charge >= 0.3 is 11.9 Å². The van der Waals surface area contributed by atoms with Gasteiger partial charge in [0.25, 0.3) is 0 Å². The van der Waals surface area contributed by atoms with Crippen molar-refractivity contribution in [2.45, 2.75) is 31.3 Å². The minimum absolute atomic E-state index is 0.189. The maximum absolute atomic E-state index is 12.0. The molecule has 0 saturated carbocycles. The van der Waals surface area contributed by atoms with Crippen molar-refractivity contribution in [3.8, 4) is 5.69 Å². The number of hydrogen-bond acceptors (Lipinski definition) is 6. The third-order valence-corrected chi connectivity index (χ3v) is 6.29. The van der Waals surface area contributed by atoms with Gasteiger partial charge in [0.2, 0.25) is 0 Å². The number of carboxylic acid groups (broad SMARTS) is 2. The molecule has 0 unspecified atom stereocenters. The molecule has 0 amide bonds. The molecule has 2 atom stereocenters. The minimum Gasteiger partial charge on any atom is -0.480 e. The van der Waals surface area contributed by atoms with Crippen molar-refractivity contribution < 1.29 is 24.5 Å². The van der Waals surface area contributed by atoms with E-state index in [4.69, 9.17) is 38.0 Å². The number of anilines is 1. The predicted molar refractivity (Wildman–Crippen MR) is 119 cm³/mol. The average Bonchev–Trinajstić information content (AvgIpc) is 3.43. The number of hydrogen-bond donors (Lipinski definition) is 2. The zero-order chi connectivity index (χ0) is 22.8. The first kappa shape index (κ1) is 22.3. The second-order valence-electron chi connectivity index (χ2n) is 7.45. The zero-order valence-corrected chi connectivity index (χ0v) is 18.3. The lowest BCUT2D eigenvalue weighted by Crippen LogP contribution is -2.42. The van der Waals surface area contributed by atoms with Gasteiger partial charge in [-0.25, -0.2) is 19.6 Å². The maximum atomic E-state index is 12.0. The molecule has 3 heterocycles. The molecular weight excluding hydrogens is 459 g/mol. The molecule has 2 N–H and O–H groups in total. The Morgan fingerprint density at radius 3 is 2.72 bits per heavy atom. The highest BCUT2D eigenvalue weighted by atomic mass is 35.5. The van der Waals surface area contributed by atoms with E-state index < -0.39 is 24.6 Å². The molecule has 0 aliphatic carbocycles. The van der Waals surface area contributed by atoms with Crippen molar-refractivity contribution >= 4 is 51.9 Å². The Hall–Kier alpha value is -2.88. The van der Waals surface area contributed by atoms with Crippen molar-refractivity contribution in [3.05, 3.63) is 47.0 Å². The molecular formula is C21H20Cl2N4O5. The number of nitrogens with zero attached hydrogens (tertiary/aromatic N) is 4. The fourth-order valence-electron chi connectivity index (χ4n) is 4.08. The van der Waals surface area contributed by atoms with Gasteiger partial charge in [0.15, 0.2) is 0 Å². The maximum Gasteiger partial charge on any atom is 0.329 e. The molecule has 2 aromatic heterocycles. The number of benzene rings is 1. The number of fused-ring (bicyclic) bond motifs is 1. The van der Waals surface area contributed by atoms with E-state index in [9.17, 15) is 14.7 Å². The van der Waals surface area contributed by atoms with Gasteiger partial charge in [-0.05, 0) is 31.4 Å². The lowest BCUT2D eigenvalue weighted by Gasteiger charge is -2.30. The first-order chi connectivity index (χ1) is 15.4. The molecule has 1 aliphatic heterocycles. The van der Waals surface area contributed by atoms with Gasteiger partial charge < -0.3 is 24.4 Å². The molecule has 0 radical (unpaired) electrons. The number of aromatic nitrogens is 3. The normalized spacial score (nSPS) is 18.4. The van der Waals surface area contributed by atoms with Crippen LogP contribution in [0.25, 0.3) is 16.6 Å². The number of carbonyl (C=O) groups is 2. The van der Waals surface area contributed by atoms with Crippen molar-refractivity contribution in [1.82, 2.24) is 14.5 Å². The van der Waals surface area contributed by atoms with E-state index in [1.165, 1.54) is 0 Å². The van der Waals surface area contributed by atoms with Gasteiger partial charge in [-0.15, -0.1) is 0 Å². The van der Waals surface area contributed by atoms with E-state index in [-0.39, 0.29) is 17.7 Å². The fourth-order valence-corrected chi connectivity index (χ4v) is 4.44. The summed E-state index contributed by atoms with van der Waals surface area (Å²) < 4.78 is 6.98. The number of aliphatic carboxylic acids is 2. The molecule has 1 fully saturated rings. The summed E-state index contributed by atoms with van der Waals surface area (Å²) in [5.41, 5.74) is 1.19. The van der Waals surface area contributed by atoms with Gasteiger partial charge in [0, 0.05) is 36.5 Å². The van der Waals surface area contributed by atoms with E-state index in [1.807, 2.05) is 6.07 Å². The number of carboxylic acids is 2. The largest absolute Gasteiger partial charge is 0.480 e. The minimum atomic E-state index is -1.05. The van der Waals surface area contributed by atoms with Crippen LogP contribution in [0.2, 0.25) is 10.0 Å². The average molecular weight is 479 g/mol. The van der Waals surface area contributed by atoms with E-state index in [1.54, 1.807) is 40.3 Å². The Labute approximate surface area is 193 Å². The van der Waals surface area contributed by atoms with E-state index >= 15 is 0 Å². The van der Waals surface area contributed by atoms with Crippen molar-refractivity contribution in [2.24, 2.45) is 0 Å². The zero-order valence-electron chi connectivity index (χ0n) is 16.8. The quantitative estimate of drug-likeness (QED) is 0.471. The van der Waals surface area contributed by atoms with Crippen LogP contribution in [-0.2, 0) is 14.3 Å². The summed E-state index contributed by atoms with van der Waals surface area (Å²) in [5, 5.41) is 20.0. The van der Waals surface area contributed by atoms with Crippen molar-refractivity contribution in [3.63, 3.8) is 0 Å². The Balaban J connectivity index is 1.78. The van der Waals surface area contributed by atoms with E-state index in [2.05, 4.69) is 4.98 Å². The number of rotatable bonds is 8. The molecule has 0 spiro atoms. The molecule has 0 bridgehead atoms. The molecule has 1 aliphatic rings. The lowest BCUT2D eigenvalue weighted by molar-refractivity contribution is -0.142. The molecule has 168 valence electrons. The standard InChI is InChI=1S/C21H20Cl2N4O5/c22-14-3-2-13-16(26-7-6-24-11-26)9-17(25-20(13)19(14)23)27-12(1-4-15(27)21(30)31)5-8-32-10-18(28)29/h2-3,6-7,9,11-12,15H,1,4-5,8,10H2,(H,28,29)(H,30,31)/t12-,15-/m0/s1. The highest BCUT2D eigenvalue weighted by molar-refractivity contribution is 6.45. The second-order valence-corrected chi connectivity index (χ2v) is 8.24. The topological polar surface area (TPSA) is 118 Å². The number of pyridine rings is 1. The SMILES string of the molecule is O=C(O)COCC[C@@H]1CC[C@@H](C(=O)O)N1c1cc(-n2ccnc2)c2ccc(Cl)c(Cl)c2n1. The third kappa shape index (κ3) is 4.36. The molecule has 1 saturated heterocycles. The van der Waals surface area contributed by atoms with Crippen LogP contribution in [0.3, 0.4) is 0 Å². The summed E-state index contributed by atoms with van der Waals surface area (Å²) in [6, 6.07) is 4.33. The summed E-state index contributed by atoms with van der Waals surface area (Å²) in [5.74, 6) is -1.56. The van der Waals surface area contributed by atoms with Crippen LogP contribution in [0.1, 0.15) is 19.3 Å². The first-order valence-electron chi connectivity index (χ1n) is 9.94. The van der Waals surface area contributed by atoms with Crippen LogP contribution in [0.15, 0.2) is 36.9 Å². The third-order valence-electron chi connectivity index (χ3n) is 5.49. The van der Waals surface area contributed by atoms with Gasteiger partial charge in [0.1, 0.15) is 18.5 Å². The molecule has 4 rings (SSSR count). The summed E-state index contributed by atoms with van der Waals surface area (Å²) in [4.78, 5) is 33.3. The smallest absolute Gasteiger partial charge is 0.329 e. The van der Waals surface area contributed by atoms with Crippen molar-refractivity contribution in [2.75, 3.05) is 18.1 Å². The van der Waals surface area contributed by atoms with Crippen LogP contribution >= 0.6 is 23.2 Å². The Morgan fingerprint density at radius 2 is 2.03 bits per heavy atom. The Kier molecular flexibility index (Phi) is 6.50. The van der Waals surface area contributed by atoms with Gasteiger partial charge in [-0.3, -0.25) is 0 Å². The molecule has 1 aromatic carbocycles. The van der Waals surface area contributed by atoms with Gasteiger partial charge in [0.05, 0.1) is 27.6 Å². The summed E-state index contributed by atoms with van der Waals surface area (Å²) in [6.45, 7) is -0.212. The predicted octanol–water partition coefficient (Wildman–Crippen LogP) is 3.64. The highest BCUT2D eigenvalue weighted by Gasteiger charge is 2.39. The fraction of sp³-hybridized carbons (Fsp3) is 0.333. The Morgan fingerprint density at radius 1 is 1.22 bits per heavy atom. The molecule has 9 nitrogen and oxygen atoms in total. The Bertz CT molecular complexity index is 1150. The molecule has 32 heavy (non-hydrogen) atoms. The first-order valence-corrected chi connectivity index (χ1v) is 10.7. The van der Waals surface area contributed by atoms with Crippen LogP contribution in [0.5, 0.6) is 0 Å². The second kappa shape index (κ2) is 9.32. The summed E-state index contributed by atoms with van der Waals surface area (Å²) in [6.07, 6.45) is 6.55. The molecule has 11 heteroatoms. The van der Waals surface area contributed by atoms with Crippen LogP contribution in [0, 0.1) is 0 Å². The van der Waals surface area contributed by atoms with E-state index in [0.29, 0.717) is 35.6 Å². The number of ether oxygens (including phenoxy) is 1. The highest BCUT2D eigenvalue weighted by Crippen LogP contribution is 2.38. The summed E-state index contributed by atoms with van der Waals surface area (Å²) >= 11 is 12.7. The van der Waals surface area contributed by atoms with Gasteiger partial charge in [-0.2, -0.15) is 0 Å². The number of imidazole rings is 1.